The van der Waals surface area contributed by atoms with E-state index in [1.165, 1.54) is 18.6 Å². The van der Waals surface area contributed by atoms with Gasteiger partial charge in [-0.2, -0.15) is 0 Å². The van der Waals surface area contributed by atoms with Crippen molar-refractivity contribution < 1.29 is 9.21 Å². The summed E-state index contributed by atoms with van der Waals surface area (Å²) < 4.78 is 5.49. The standard InChI is InChI=1S/C15H14N4O2/c1-10-19-12-3-2-11(8-14(12)21-10)4-5-18-15(20)13-9-16-6-7-17-13/h2-3,6-9H,4-5H2,1H3,(H,18,20). The minimum atomic E-state index is -0.223. The summed E-state index contributed by atoms with van der Waals surface area (Å²) in [5.41, 5.74) is 3.02. The first-order valence-corrected chi connectivity index (χ1v) is 6.62. The van der Waals surface area contributed by atoms with E-state index < -0.39 is 0 Å². The monoisotopic (exact) mass is 282 g/mol. The number of nitrogens with zero attached hydrogens (tertiary/aromatic N) is 3. The number of oxazole rings is 1. The molecule has 2 aromatic heterocycles. The van der Waals surface area contributed by atoms with Crippen LogP contribution in [0.15, 0.2) is 41.2 Å². The van der Waals surface area contributed by atoms with Crippen LogP contribution in [-0.4, -0.2) is 27.4 Å². The number of aryl methyl sites for hydroxylation is 1. The quantitative estimate of drug-likeness (QED) is 0.790. The Bertz CT molecular complexity index is 768. The molecule has 0 saturated heterocycles. The van der Waals surface area contributed by atoms with E-state index in [-0.39, 0.29) is 5.91 Å². The van der Waals surface area contributed by atoms with Crippen LogP contribution < -0.4 is 5.32 Å². The minimum absolute atomic E-state index is 0.223. The van der Waals surface area contributed by atoms with Crippen LogP contribution in [0, 0.1) is 6.92 Å². The molecule has 0 atom stereocenters. The third-order valence-electron chi connectivity index (χ3n) is 3.05. The molecule has 1 amide bonds. The molecule has 2 heterocycles. The van der Waals surface area contributed by atoms with Crippen molar-refractivity contribution in [3.8, 4) is 0 Å². The van der Waals surface area contributed by atoms with Crippen molar-refractivity contribution in [3.05, 3.63) is 53.9 Å². The Hall–Kier alpha value is -2.76. The van der Waals surface area contributed by atoms with Gasteiger partial charge in [-0.25, -0.2) is 9.97 Å². The van der Waals surface area contributed by atoms with Gasteiger partial charge in [0.2, 0.25) is 0 Å². The lowest BCUT2D eigenvalue weighted by Gasteiger charge is -2.04. The summed E-state index contributed by atoms with van der Waals surface area (Å²) >= 11 is 0. The van der Waals surface area contributed by atoms with E-state index in [9.17, 15) is 4.79 Å². The maximum Gasteiger partial charge on any atom is 0.271 e. The van der Waals surface area contributed by atoms with Crippen molar-refractivity contribution in [2.24, 2.45) is 0 Å². The molecule has 1 aromatic carbocycles. The molecular formula is C15H14N4O2. The van der Waals surface area contributed by atoms with Crippen molar-refractivity contribution in [3.63, 3.8) is 0 Å². The third-order valence-corrected chi connectivity index (χ3v) is 3.05. The number of hydrogen-bond donors (Lipinski definition) is 1. The van der Waals surface area contributed by atoms with Crippen molar-refractivity contribution in [2.45, 2.75) is 13.3 Å². The first-order valence-electron chi connectivity index (χ1n) is 6.62. The molecule has 0 bridgehead atoms. The van der Waals surface area contributed by atoms with Crippen LogP contribution in [-0.2, 0) is 6.42 Å². The van der Waals surface area contributed by atoms with Crippen molar-refractivity contribution >= 4 is 17.0 Å². The molecule has 0 unspecified atom stereocenters. The fourth-order valence-electron chi connectivity index (χ4n) is 2.07. The van der Waals surface area contributed by atoms with Crippen molar-refractivity contribution in [1.82, 2.24) is 20.3 Å². The molecule has 6 nitrogen and oxygen atoms in total. The number of benzene rings is 1. The van der Waals surface area contributed by atoms with Gasteiger partial charge in [0, 0.05) is 25.9 Å². The zero-order valence-electron chi connectivity index (χ0n) is 11.5. The number of aromatic nitrogens is 3. The molecule has 21 heavy (non-hydrogen) atoms. The van der Waals surface area contributed by atoms with E-state index in [1.54, 1.807) is 0 Å². The number of carbonyl (C=O) groups excluding carboxylic acids is 1. The van der Waals surface area contributed by atoms with Crippen molar-refractivity contribution in [2.75, 3.05) is 6.54 Å². The molecule has 6 heteroatoms. The second-order valence-electron chi connectivity index (χ2n) is 4.63. The first kappa shape index (κ1) is 13.2. The van der Waals surface area contributed by atoms with Gasteiger partial charge in [0.25, 0.3) is 5.91 Å². The summed E-state index contributed by atoms with van der Waals surface area (Å²) in [6.07, 6.45) is 5.18. The number of fused-ring (bicyclic) bond motifs is 1. The Morgan fingerprint density at radius 1 is 1.33 bits per heavy atom. The summed E-state index contributed by atoms with van der Waals surface area (Å²) in [7, 11) is 0. The Kier molecular flexibility index (Phi) is 3.59. The highest BCUT2D eigenvalue weighted by Crippen LogP contribution is 2.16. The highest BCUT2D eigenvalue weighted by atomic mass is 16.3. The second kappa shape index (κ2) is 5.70. The van der Waals surface area contributed by atoms with Gasteiger partial charge in [0.1, 0.15) is 11.2 Å². The molecule has 0 fully saturated rings. The smallest absolute Gasteiger partial charge is 0.271 e. The predicted molar refractivity (Wildman–Crippen MR) is 76.8 cm³/mol. The lowest BCUT2D eigenvalue weighted by atomic mass is 10.1. The van der Waals surface area contributed by atoms with E-state index in [0.29, 0.717) is 24.6 Å². The molecule has 0 radical (unpaired) electrons. The predicted octanol–water partition coefficient (Wildman–Crippen LogP) is 1.90. The van der Waals surface area contributed by atoms with Gasteiger partial charge in [0.05, 0.1) is 6.20 Å². The Morgan fingerprint density at radius 2 is 2.24 bits per heavy atom. The van der Waals surface area contributed by atoms with Crippen LogP contribution >= 0.6 is 0 Å². The summed E-state index contributed by atoms with van der Waals surface area (Å²) in [6, 6.07) is 5.86. The summed E-state index contributed by atoms with van der Waals surface area (Å²) in [6.45, 7) is 2.34. The van der Waals surface area contributed by atoms with Crippen molar-refractivity contribution in [1.29, 1.82) is 0 Å². The molecule has 3 aromatic rings. The first-order chi connectivity index (χ1) is 10.2. The average molecular weight is 282 g/mol. The molecular weight excluding hydrogens is 268 g/mol. The van der Waals surface area contributed by atoms with E-state index in [1.807, 2.05) is 25.1 Å². The van der Waals surface area contributed by atoms with Gasteiger partial charge in [-0.1, -0.05) is 6.07 Å². The Labute approximate surface area is 121 Å². The summed E-state index contributed by atoms with van der Waals surface area (Å²) in [5.74, 6) is 0.429. The number of carbonyl (C=O) groups is 1. The third kappa shape index (κ3) is 3.05. The Balaban J connectivity index is 1.60. The fourth-order valence-corrected chi connectivity index (χ4v) is 2.07. The highest BCUT2D eigenvalue weighted by molar-refractivity contribution is 5.91. The van der Waals surface area contributed by atoms with Gasteiger partial charge in [0.15, 0.2) is 11.5 Å². The van der Waals surface area contributed by atoms with Crippen LogP contribution in [0.1, 0.15) is 21.9 Å². The zero-order valence-corrected chi connectivity index (χ0v) is 11.5. The van der Waals surface area contributed by atoms with Crippen LogP contribution in [0.3, 0.4) is 0 Å². The lowest BCUT2D eigenvalue weighted by molar-refractivity contribution is 0.0948. The molecule has 0 aliphatic heterocycles. The SMILES string of the molecule is Cc1nc2ccc(CCNC(=O)c3cnccn3)cc2o1. The molecule has 0 aliphatic carbocycles. The lowest BCUT2D eigenvalue weighted by Crippen LogP contribution is -2.26. The van der Waals surface area contributed by atoms with Crippen LogP contribution in [0.25, 0.3) is 11.1 Å². The van der Waals surface area contributed by atoms with Gasteiger partial charge < -0.3 is 9.73 Å². The highest BCUT2D eigenvalue weighted by Gasteiger charge is 2.07. The molecule has 0 aliphatic rings. The summed E-state index contributed by atoms with van der Waals surface area (Å²) in [5, 5.41) is 2.81. The normalized spacial score (nSPS) is 10.7. The molecule has 0 saturated carbocycles. The zero-order chi connectivity index (χ0) is 14.7. The number of nitrogens with one attached hydrogen (secondary N) is 1. The topological polar surface area (TPSA) is 80.9 Å². The summed E-state index contributed by atoms with van der Waals surface area (Å²) in [4.78, 5) is 23.9. The van der Waals surface area contributed by atoms with Crippen LogP contribution in [0.4, 0.5) is 0 Å². The van der Waals surface area contributed by atoms with Gasteiger partial charge >= 0.3 is 0 Å². The average Bonchev–Trinajstić information content (AvgIpc) is 2.87. The fraction of sp³-hybridized carbons (Fsp3) is 0.200. The maximum atomic E-state index is 11.8. The Morgan fingerprint density at radius 3 is 3.05 bits per heavy atom. The number of hydrogen-bond acceptors (Lipinski definition) is 5. The largest absolute Gasteiger partial charge is 0.441 e. The van der Waals surface area contributed by atoms with E-state index in [2.05, 4.69) is 20.3 Å². The van der Waals surface area contributed by atoms with E-state index in [0.717, 1.165) is 16.7 Å². The van der Waals surface area contributed by atoms with Crippen LogP contribution in [0.2, 0.25) is 0 Å². The van der Waals surface area contributed by atoms with E-state index >= 15 is 0 Å². The second-order valence-corrected chi connectivity index (χ2v) is 4.63. The van der Waals surface area contributed by atoms with Gasteiger partial charge in [-0.15, -0.1) is 0 Å². The molecule has 3 rings (SSSR count). The number of amides is 1. The van der Waals surface area contributed by atoms with Crippen LogP contribution in [0.5, 0.6) is 0 Å². The minimum Gasteiger partial charge on any atom is -0.441 e. The van der Waals surface area contributed by atoms with Gasteiger partial charge in [-0.3, -0.25) is 9.78 Å². The van der Waals surface area contributed by atoms with Gasteiger partial charge in [-0.05, 0) is 24.1 Å². The maximum absolute atomic E-state index is 11.8. The number of rotatable bonds is 4. The molecule has 0 spiro atoms. The molecule has 1 N–H and O–H groups in total. The van der Waals surface area contributed by atoms with E-state index in [4.69, 9.17) is 4.42 Å². The molecule has 106 valence electrons.